The Bertz CT molecular complexity index is 328. The summed E-state index contributed by atoms with van der Waals surface area (Å²) in [6.45, 7) is 2.72. The van der Waals surface area contributed by atoms with Gasteiger partial charge in [-0.1, -0.05) is 31.8 Å². The zero-order valence-electron chi connectivity index (χ0n) is 13.1. The van der Waals surface area contributed by atoms with Crippen LogP contribution in [0, 0.1) is 63.6 Å². The van der Waals surface area contributed by atoms with Gasteiger partial charge in [0.1, 0.15) is 0 Å². The predicted octanol–water partition coefficient (Wildman–Crippen LogP) is 4.40. The van der Waals surface area contributed by atoms with Gasteiger partial charge in [-0.15, -0.1) is 0 Å². The molecule has 1 aromatic heterocycles. The first-order valence-corrected chi connectivity index (χ1v) is 17.1. The first-order valence-electron chi connectivity index (χ1n) is 6.90. The Kier molecular flexibility index (Phi) is 15.6. The molecule has 0 atom stereocenters. The zero-order chi connectivity index (χ0) is 15.5. The summed E-state index contributed by atoms with van der Waals surface area (Å²) in [4.78, 5) is 4.26. The SMILES string of the molecule is CB([C]1[C-][CH][CH][CH]1)c1cccs1.[CH3][Sn+]([CH3])[Cl].[CH]1[CH][CH][CH][CH]1.[Fe+2]. The van der Waals surface area contributed by atoms with E-state index in [2.05, 4.69) is 47.1 Å². The van der Waals surface area contributed by atoms with Gasteiger partial charge >= 0.3 is 54.5 Å². The monoisotopic (exact) mass is 478 g/mol. The van der Waals surface area contributed by atoms with Crippen LogP contribution in [0.2, 0.25) is 16.7 Å². The maximum atomic E-state index is 5.47. The van der Waals surface area contributed by atoms with E-state index in [1.54, 1.807) is 0 Å². The van der Waals surface area contributed by atoms with Crippen molar-refractivity contribution in [2.45, 2.75) is 16.7 Å². The van der Waals surface area contributed by atoms with Crippen LogP contribution in [0.4, 0.5) is 0 Å². The van der Waals surface area contributed by atoms with Gasteiger partial charge in [-0.05, 0) is 42.3 Å². The molecule has 0 unspecified atom stereocenters. The second kappa shape index (κ2) is 14.7. The normalized spacial score (nSPS) is 16.7. The van der Waals surface area contributed by atoms with Crippen molar-refractivity contribution in [2.24, 2.45) is 0 Å². The molecular formula is C17H20BClFeSSn+2. The second-order valence-corrected chi connectivity index (χ2v) is 15.8. The van der Waals surface area contributed by atoms with Crippen LogP contribution < -0.4 is 4.78 Å². The maximum absolute atomic E-state index is 5.47. The summed E-state index contributed by atoms with van der Waals surface area (Å²) in [7, 11) is 5.47. The van der Waals surface area contributed by atoms with E-state index >= 15 is 0 Å². The van der Waals surface area contributed by atoms with Crippen molar-refractivity contribution in [1.82, 2.24) is 0 Å². The Hall–Kier alpha value is 1.37. The molecule has 10 radical (unpaired) electrons. The Balaban J connectivity index is 0.000000370. The number of rotatable bonds is 2. The topological polar surface area (TPSA) is 0 Å². The van der Waals surface area contributed by atoms with Crippen LogP contribution in [-0.4, -0.2) is 25.3 Å². The molecule has 2 fully saturated rings. The fraction of sp³-hybridized carbons (Fsp3) is 0.176. The molecule has 22 heavy (non-hydrogen) atoms. The van der Waals surface area contributed by atoms with Crippen molar-refractivity contribution in [1.29, 1.82) is 0 Å². The molecule has 0 nitrogen and oxygen atoms in total. The molecule has 114 valence electrons. The van der Waals surface area contributed by atoms with Crippen molar-refractivity contribution >= 4 is 50.4 Å². The average Bonchev–Trinajstić information content (AvgIpc) is 3.19. The van der Waals surface area contributed by atoms with Gasteiger partial charge in [0.15, 0.2) is 6.71 Å². The fourth-order valence-electron chi connectivity index (χ4n) is 1.63. The van der Waals surface area contributed by atoms with Crippen molar-refractivity contribution in [3.05, 3.63) is 81.1 Å². The van der Waals surface area contributed by atoms with Crippen molar-refractivity contribution in [3.8, 4) is 0 Å². The van der Waals surface area contributed by atoms with Gasteiger partial charge in [0.25, 0.3) is 0 Å². The molecule has 0 aromatic carbocycles. The van der Waals surface area contributed by atoms with Gasteiger partial charge in [0.05, 0.1) is 0 Å². The fourth-order valence-corrected chi connectivity index (χ4v) is 2.43. The van der Waals surface area contributed by atoms with Crippen LogP contribution in [-0.2, 0) is 17.1 Å². The third kappa shape index (κ3) is 11.0. The van der Waals surface area contributed by atoms with E-state index in [4.69, 9.17) is 8.92 Å². The molecule has 1 heterocycles. The van der Waals surface area contributed by atoms with Gasteiger partial charge < -0.3 is 6.42 Å². The molecule has 0 N–H and O–H groups in total. The Morgan fingerprint density at radius 3 is 2.00 bits per heavy atom. The Morgan fingerprint density at radius 2 is 1.64 bits per heavy atom. The van der Waals surface area contributed by atoms with Gasteiger partial charge in [-0.2, -0.15) is 11.3 Å². The molecule has 2 aliphatic rings. The van der Waals surface area contributed by atoms with E-state index in [0.29, 0.717) is 6.71 Å². The molecule has 5 heteroatoms. The molecule has 2 saturated carbocycles. The summed E-state index contributed by atoms with van der Waals surface area (Å²) in [6, 6.07) is 4.27. The summed E-state index contributed by atoms with van der Waals surface area (Å²) >= 11 is 0.738. The first-order chi connectivity index (χ1) is 10.1. The summed E-state index contributed by atoms with van der Waals surface area (Å²) in [5.41, 5.74) is 0. The third-order valence-corrected chi connectivity index (χ3v) is 3.67. The quantitative estimate of drug-likeness (QED) is 0.438. The number of thiophene rings is 1. The van der Waals surface area contributed by atoms with Crippen LogP contribution in [0.3, 0.4) is 0 Å². The van der Waals surface area contributed by atoms with E-state index in [9.17, 15) is 0 Å². The van der Waals surface area contributed by atoms with Crippen LogP contribution in [0.5, 0.6) is 0 Å². The van der Waals surface area contributed by atoms with E-state index in [-0.39, 0.29) is 17.1 Å². The standard InChI is InChI=1S/C10H9BS.C5H5.2CH3.ClH.Fe.Sn/c1-11(9-5-2-3-6-9)10-7-4-8-12-10;1-2-4-5-3-1;;;;;/h2-5,7-8H,1H3;1-5H;2*1H3;1H;;/q-1;;;;;2*+2/p-1. The molecule has 0 amide bonds. The van der Waals surface area contributed by atoms with Gasteiger partial charge in [0, 0.05) is 0 Å². The Labute approximate surface area is 164 Å². The van der Waals surface area contributed by atoms with Gasteiger partial charge in [-0.3, -0.25) is 0 Å². The van der Waals surface area contributed by atoms with Crippen molar-refractivity contribution in [2.75, 3.05) is 0 Å². The van der Waals surface area contributed by atoms with Gasteiger partial charge in [0.2, 0.25) is 0 Å². The number of halogens is 1. The molecule has 0 bridgehead atoms. The molecule has 0 spiro atoms. The van der Waals surface area contributed by atoms with E-state index < -0.39 is 18.6 Å². The summed E-state index contributed by atoms with van der Waals surface area (Å²) < 4.78 is 1.41. The molecular weight excluding hydrogens is 457 g/mol. The van der Waals surface area contributed by atoms with Crippen LogP contribution >= 0.6 is 20.3 Å². The zero-order valence-corrected chi connectivity index (χ0v) is 18.6. The summed E-state index contributed by atoms with van der Waals surface area (Å²) in [5, 5.41) is 2.12. The summed E-state index contributed by atoms with van der Waals surface area (Å²) in [6.07, 6.45) is 19.4. The Morgan fingerprint density at radius 1 is 1.09 bits per heavy atom. The number of hydrogen-bond acceptors (Lipinski definition) is 1. The predicted molar refractivity (Wildman–Crippen MR) is 99.8 cm³/mol. The number of hydrogen-bond donors (Lipinski definition) is 0. The molecule has 3 rings (SSSR count). The van der Waals surface area contributed by atoms with Crippen molar-refractivity contribution in [3.63, 3.8) is 0 Å². The minimum Gasteiger partial charge on any atom is -0.0312 e. The average molecular weight is 477 g/mol. The second-order valence-electron chi connectivity index (χ2n) is 4.70. The van der Waals surface area contributed by atoms with E-state index in [1.807, 2.05) is 56.3 Å². The minimum atomic E-state index is -1.07. The van der Waals surface area contributed by atoms with E-state index in [0.717, 1.165) is 0 Å². The van der Waals surface area contributed by atoms with Crippen LogP contribution in [0.25, 0.3) is 0 Å². The molecule has 1 aromatic rings. The van der Waals surface area contributed by atoms with Crippen molar-refractivity contribution < 1.29 is 17.1 Å². The smallest absolute Gasteiger partial charge is 0.0312 e. The molecule has 0 aliphatic heterocycles. The largest absolute Gasteiger partial charge is 2.00 e. The minimum absolute atomic E-state index is 0. The maximum Gasteiger partial charge on any atom is 2.00 e. The molecule has 2 aliphatic carbocycles. The molecule has 0 saturated heterocycles. The van der Waals surface area contributed by atoms with Gasteiger partial charge in [-0.25, -0.2) is 12.2 Å². The van der Waals surface area contributed by atoms with Crippen LogP contribution in [0.1, 0.15) is 0 Å². The first kappa shape index (κ1) is 23.4. The van der Waals surface area contributed by atoms with E-state index in [1.165, 1.54) is 10.6 Å². The third-order valence-electron chi connectivity index (χ3n) is 2.61. The van der Waals surface area contributed by atoms with Crippen LogP contribution in [0.15, 0.2) is 17.5 Å². The summed E-state index contributed by atoms with van der Waals surface area (Å²) in [5.74, 6) is 1.29.